The molecular weight excluding hydrogens is 399 g/mol. The topological polar surface area (TPSA) is 55.4 Å². The second kappa shape index (κ2) is 6.40. The molecule has 0 saturated carbocycles. The Labute approximate surface area is 139 Å². The Bertz CT molecular complexity index is 805. The number of hydrogen-bond acceptors (Lipinski definition) is 3. The monoisotopic (exact) mass is 409 g/mol. The number of alkyl halides is 3. The van der Waals surface area contributed by atoms with Crippen LogP contribution < -0.4 is 9.46 Å². The molecule has 124 valence electrons. The average molecular weight is 410 g/mol. The van der Waals surface area contributed by atoms with Gasteiger partial charge in [0.25, 0.3) is 10.0 Å². The van der Waals surface area contributed by atoms with Crippen LogP contribution in [0.3, 0.4) is 0 Å². The maximum Gasteiger partial charge on any atom is 0.416 e. The van der Waals surface area contributed by atoms with Gasteiger partial charge in [0.15, 0.2) is 0 Å². The quantitative estimate of drug-likeness (QED) is 0.819. The van der Waals surface area contributed by atoms with Crippen LogP contribution in [0.25, 0.3) is 0 Å². The van der Waals surface area contributed by atoms with Gasteiger partial charge in [-0.25, -0.2) is 8.42 Å². The third-order valence-electron chi connectivity index (χ3n) is 2.85. The molecule has 23 heavy (non-hydrogen) atoms. The van der Waals surface area contributed by atoms with E-state index in [0.29, 0.717) is 10.5 Å². The number of hydrogen-bond donors (Lipinski definition) is 1. The van der Waals surface area contributed by atoms with Gasteiger partial charge in [0.2, 0.25) is 0 Å². The first kappa shape index (κ1) is 17.6. The predicted octanol–water partition coefficient (Wildman–Crippen LogP) is 4.28. The molecule has 0 fully saturated rings. The lowest BCUT2D eigenvalue weighted by atomic mass is 10.2. The van der Waals surface area contributed by atoms with Gasteiger partial charge >= 0.3 is 6.18 Å². The molecule has 0 aromatic heterocycles. The lowest BCUT2D eigenvalue weighted by Gasteiger charge is -2.13. The van der Waals surface area contributed by atoms with Gasteiger partial charge in [-0.15, -0.1) is 0 Å². The van der Waals surface area contributed by atoms with Gasteiger partial charge in [-0.3, -0.25) is 4.72 Å². The van der Waals surface area contributed by atoms with Gasteiger partial charge in [0, 0.05) is 10.5 Å². The molecule has 0 unspecified atom stereocenters. The molecule has 0 amide bonds. The van der Waals surface area contributed by atoms with E-state index in [1.165, 1.54) is 37.4 Å². The average Bonchev–Trinajstić information content (AvgIpc) is 2.46. The zero-order valence-electron chi connectivity index (χ0n) is 11.7. The zero-order chi connectivity index (χ0) is 17.3. The molecular formula is C14H11BrF3NO3S. The predicted molar refractivity (Wildman–Crippen MR) is 82.9 cm³/mol. The molecule has 2 aromatic carbocycles. The maximum atomic E-state index is 12.8. The number of anilines is 1. The van der Waals surface area contributed by atoms with Crippen LogP contribution in [-0.2, 0) is 16.2 Å². The minimum atomic E-state index is -4.62. The number of methoxy groups -OCH3 is 1. The van der Waals surface area contributed by atoms with E-state index < -0.39 is 21.8 Å². The number of sulfonamides is 1. The lowest BCUT2D eigenvalue weighted by Crippen LogP contribution is -2.14. The summed E-state index contributed by atoms with van der Waals surface area (Å²) in [5.41, 5.74) is -1.25. The van der Waals surface area contributed by atoms with E-state index in [-0.39, 0.29) is 16.3 Å². The fourth-order valence-electron chi connectivity index (χ4n) is 1.77. The van der Waals surface area contributed by atoms with E-state index in [1.807, 2.05) is 0 Å². The van der Waals surface area contributed by atoms with Gasteiger partial charge < -0.3 is 4.74 Å². The molecule has 2 aromatic rings. The Hall–Kier alpha value is -1.74. The fraction of sp³-hybridized carbons (Fsp3) is 0.143. The zero-order valence-corrected chi connectivity index (χ0v) is 14.1. The van der Waals surface area contributed by atoms with E-state index >= 15 is 0 Å². The Morgan fingerprint density at radius 3 is 2.22 bits per heavy atom. The van der Waals surface area contributed by atoms with Gasteiger partial charge in [0.1, 0.15) is 5.75 Å². The van der Waals surface area contributed by atoms with Gasteiger partial charge in [-0.05, 0) is 36.4 Å². The molecule has 0 aliphatic heterocycles. The van der Waals surface area contributed by atoms with Crippen molar-refractivity contribution in [2.24, 2.45) is 0 Å². The van der Waals surface area contributed by atoms with E-state index in [1.54, 1.807) is 0 Å². The van der Waals surface area contributed by atoms with E-state index in [9.17, 15) is 21.6 Å². The molecule has 0 heterocycles. The van der Waals surface area contributed by atoms with Crippen LogP contribution in [-0.4, -0.2) is 15.5 Å². The van der Waals surface area contributed by atoms with E-state index in [2.05, 4.69) is 20.7 Å². The number of benzene rings is 2. The van der Waals surface area contributed by atoms with Crippen molar-refractivity contribution in [2.75, 3.05) is 11.8 Å². The SMILES string of the molecule is COc1cc(NS(=O)(=O)c2ccc(Br)cc2)cc(C(F)(F)F)c1. The molecule has 2 rings (SSSR count). The Morgan fingerprint density at radius 1 is 1.09 bits per heavy atom. The first-order valence-corrected chi connectivity index (χ1v) is 8.44. The highest BCUT2D eigenvalue weighted by molar-refractivity contribution is 9.10. The fourth-order valence-corrected chi connectivity index (χ4v) is 3.07. The summed E-state index contributed by atoms with van der Waals surface area (Å²) in [5, 5.41) is 0. The molecule has 0 aliphatic carbocycles. The number of halogens is 4. The van der Waals surface area contributed by atoms with Crippen LogP contribution in [0.2, 0.25) is 0 Å². The minimum Gasteiger partial charge on any atom is -0.497 e. The summed E-state index contributed by atoms with van der Waals surface area (Å²) in [7, 11) is -2.81. The first-order valence-electron chi connectivity index (χ1n) is 6.16. The molecule has 0 spiro atoms. The van der Waals surface area contributed by atoms with E-state index in [0.717, 1.165) is 6.07 Å². The second-order valence-corrected chi connectivity index (χ2v) is 7.11. The van der Waals surface area contributed by atoms with Crippen LogP contribution >= 0.6 is 15.9 Å². The maximum absolute atomic E-state index is 12.8. The summed E-state index contributed by atoms with van der Waals surface area (Å²) in [6, 6.07) is 8.36. The molecule has 9 heteroatoms. The van der Waals surface area contributed by atoms with Crippen molar-refractivity contribution < 1.29 is 26.3 Å². The van der Waals surface area contributed by atoms with Crippen molar-refractivity contribution in [2.45, 2.75) is 11.1 Å². The highest BCUT2D eigenvalue weighted by Crippen LogP contribution is 2.34. The van der Waals surface area contributed by atoms with Crippen molar-refractivity contribution in [1.82, 2.24) is 0 Å². The second-order valence-electron chi connectivity index (χ2n) is 4.51. The summed E-state index contributed by atoms with van der Waals surface area (Å²) in [5.74, 6) is -0.103. The van der Waals surface area contributed by atoms with Gasteiger partial charge in [0.05, 0.1) is 23.3 Å². The molecule has 4 nitrogen and oxygen atoms in total. The highest BCUT2D eigenvalue weighted by Gasteiger charge is 2.32. The van der Waals surface area contributed by atoms with Crippen molar-refractivity contribution in [3.63, 3.8) is 0 Å². The first-order chi connectivity index (χ1) is 10.6. The van der Waals surface area contributed by atoms with Gasteiger partial charge in [-0.2, -0.15) is 13.2 Å². The Kier molecular flexibility index (Phi) is 4.90. The molecule has 0 radical (unpaired) electrons. The van der Waals surface area contributed by atoms with Crippen LogP contribution in [0.15, 0.2) is 51.8 Å². The van der Waals surface area contributed by atoms with Crippen molar-refractivity contribution in [3.05, 3.63) is 52.5 Å². The summed E-state index contributed by atoms with van der Waals surface area (Å²) in [6.45, 7) is 0. The lowest BCUT2D eigenvalue weighted by molar-refractivity contribution is -0.137. The van der Waals surface area contributed by atoms with Crippen LogP contribution in [0.5, 0.6) is 5.75 Å². The normalized spacial score (nSPS) is 12.0. The summed E-state index contributed by atoms with van der Waals surface area (Å²) in [6.07, 6.45) is -4.62. The highest BCUT2D eigenvalue weighted by atomic mass is 79.9. The Morgan fingerprint density at radius 2 is 1.70 bits per heavy atom. The Balaban J connectivity index is 2.40. The molecule has 0 aliphatic rings. The number of nitrogens with one attached hydrogen (secondary N) is 1. The third-order valence-corrected chi connectivity index (χ3v) is 4.77. The van der Waals surface area contributed by atoms with Crippen molar-refractivity contribution >= 4 is 31.6 Å². The standard InChI is InChI=1S/C14H11BrF3NO3S/c1-22-12-7-9(14(16,17)18)6-11(8-12)19-23(20,21)13-4-2-10(15)3-5-13/h2-8,19H,1H3. The summed E-state index contributed by atoms with van der Waals surface area (Å²) < 4.78 is 70.6. The number of rotatable bonds is 4. The third kappa shape index (κ3) is 4.38. The summed E-state index contributed by atoms with van der Waals surface area (Å²) >= 11 is 3.17. The molecule has 0 bridgehead atoms. The van der Waals surface area contributed by atoms with Crippen LogP contribution in [0.4, 0.5) is 18.9 Å². The van der Waals surface area contributed by atoms with Crippen LogP contribution in [0.1, 0.15) is 5.56 Å². The van der Waals surface area contributed by atoms with Crippen molar-refractivity contribution in [1.29, 1.82) is 0 Å². The summed E-state index contributed by atoms with van der Waals surface area (Å²) in [4.78, 5) is -0.0721. The smallest absolute Gasteiger partial charge is 0.416 e. The largest absolute Gasteiger partial charge is 0.497 e. The minimum absolute atomic E-state index is 0.0721. The molecule has 0 saturated heterocycles. The molecule has 1 N–H and O–H groups in total. The number of ether oxygens (including phenoxy) is 1. The van der Waals surface area contributed by atoms with Gasteiger partial charge in [-0.1, -0.05) is 15.9 Å². The van der Waals surface area contributed by atoms with E-state index in [4.69, 9.17) is 4.74 Å². The van der Waals surface area contributed by atoms with Crippen molar-refractivity contribution in [3.8, 4) is 5.75 Å². The van der Waals surface area contributed by atoms with Crippen LogP contribution in [0, 0.1) is 0 Å². The molecule has 0 atom stereocenters.